The lowest BCUT2D eigenvalue weighted by atomic mass is 9.82. The third-order valence-corrected chi connectivity index (χ3v) is 8.62. The summed E-state index contributed by atoms with van der Waals surface area (Å²) in [6, 6.07) is 14.6. The van der Waals surface area contributed by atoms with Crippen molar-refractivity contribution in [2.24, 2.45) is 11.8 Å². The molecule has 0 spiro atoms. The molecule has 1 aromatic heterocycles. The Hall–Kier alpha value is -2.86. The summed E-state index contributed by atoms with van der Waals surface area (Å²) in [5, 5.41) is 0. The van der Waals surface area contributed by atoms with Gasteiger partial charge in [-0.05, 0) is 113 Å². The Bertz CT molecular complexity index is 1270. The van der Waals surface area contributed by atoms with Gasteiger partial charge in [0.25, 0.3) is 0 Å². The molecule has 1 aliphatic rings. The second-order valence-corrected chi connectivity index (χ2v) is 13.6. The van der Waals surface area contributed by atoms with Crippen molar-refractivity contribution in [3.05, 3.63) is 48.0 Å². The number of unbranched alkanes of at least 4 members (excludes halogenated alkanes) is 1. The van der Waals surface area contributed by atoms with Crippen LogP contribution in [0, 0.1) is 11.8 Å². The van der Waals surface area contributed by atoms with E-state index < -0.39 is 5.41 Å². The number of nitrogens with zero attached hydrogens (tertiary/aromatic N) is 4. The predicted molar refractivity (Wildman–Crippen MR) is 175 cm³/mol. The normalized spacial score (nSPS) is 15.0. The number of carbonyl (C=O) groups excluding carboxylic acids is 1. The Morgan fingerprint density at radius 1 is 0.905 bits per heavy atom. The van der Waals surface area contributed by atoms with Crippen molar-refractivity contribution >= 4 is 16.9 Å². The summed E-state index contributed by atoms with van der Waals surface area (Å²) in [4.78, 5) is 23.9. The number of aryl methyl sites for hydroxylation is 1. The molecule has 0 N–H and O–H groups in total. The fraction of sp³-hybridized carbons (Fsp3) is 0.611. The monoisotopic (exact) mass is 574 g/mol. The average Bonchev–Trinajstić information content (AvgIpc) is 3.11. The smallest absolute Gasteiger partial charge is 0.232 e. The highest BCUT2D eigenvalue weighted by molar-refractivity contribution is 5.90. The molecule has 0 radical (unpaired) electrons. The Balaban J connectivity index is 1.65. The van der Waals surface area contributed by atoms with Crippen molar-refractivity contribution in [1.29, 1.82) is 0 Å². The molecule has 6 heteroatoms. The number of rotatable bonds is 13. The highest BCUT2D eigenvalue weighted by Crippen LogP contribution is 2.33. The predicted octanol–water partition coefficient (Wildman–Crippen LogP) is 7.79. The van der Waals surface area contributed by atoms with Gasteiger partial charge in [0.05, 0.1) is 23.6 Å². The topological polar surface area (TPSA) is 50.6 Å². The highest BCUT2D eigenvalue weighted by Gasteiger charge is 2.35. The molecule has 1 amide bonds. The van der Waals surface area contributed by atoms with E-state index in [1.807, 2.05) is 12.1 Å². The second kappa shape index (κ2) is 14.5. The van der Waals surface area contributed by atoms with Crippen LogP contribution in [-0.2, 0) is 16.8 Å². The van der Waals surface area contributed by atoms with Gasteiger partial charge in [0.2, 0.25) is 5.91 Å². The minimum Gasteiger partial charge on any atom is -0.497 e. The lowest BCUT2D eigenvalue weighted by Gasteiger charge is -2.34. The van der Waals surface area contributed by atoms with Crippen molar-refractivity contribution < 1.29 is 9.53 Å². The number of fused-ring (bicyclic) bond motifs is 1. The molecule has 0 unspecified atom stereocenters. The van der Waals surface area contributed by atoms with Gasteiger partial charge < -0.3 is 19.1 Å². The molecule has 2 aromatic carbocycles. The van der Waals surface area contributed by atoms with E-state index in [9.17, 15) is 4.79 Å². The second-order valence-electron chi connectivity index (χ2n) is 13.6. The summed E-state index contributed by atoms with van der Waals surface area (Å²) in [5.41, 5.74) is 3.57. The Labute approximate surface area is 254 Å². The molecule has 0 aliphatic carbocycles. The number of hydrogen-bond acceptors (Lipinski definition) is 4. The fourth-order valence-electron chi connectivity index (χ4n) is 6.30. The quantitative estimate of drug-likeness (QED) is 0.196. The van der Waals surface area contributed by atoms with Gasteiger partial charge >= 0.3 is 0 Å². The summed E-state index contributed by atoms with van der Waals surface area (Å²) in [7, 11) is 1.70. The number of benzene rings is 2. The molecule has 1 fully saturated rings. The zero-order valence-electron chi connectivity index (χ0n) is 27.3. The molecule has 230 valence electrons. The van der Waals surface area contributed by atoms with Crippen molar-refractivity contribution in [2.75, 3.05) is 39.8 Å². The van der Waals surface area contributed by atoms with E-state index in [2.05, 4.69) is 86.2 Å². The van der Waals surface area contributed by atoms with Crippen molar-refractivity contribution in [2.45, 2.75) is 92.0 Å². The number of methoxy groups -OCH3 is 1. The van der Waals surface area contributed by atoms with Gasteiger partial charge in [0.15, 0.2) is 0 Å². The summed E-state index contributed by atoms with van der Waals surface area (Å²) >= 11 is 0. The van der Waals surface area contributed by atoms with Gasteiger partial charge in [-0.25, -0.2) is 4.98 Å². The molecule has 42 heavy (non-hydrogen) atoms. The first-order valence-electron chi connectivity index (χ1n) is 16.3. The Kier molecular flexibility index (Phi) is 11.1. The molecule has 1 aliphatic heterocycles. The number of amides is 1. The summed E-state index contributed by atoms with van der Waals surface area (Å²) < 4.78 is 7.79. The van der Waals surface area contributed by atoms with Gasteiger partial charge in [0.1, 0.15) is 11.6 Å². The van der Waals surface area contributed by atoms with Crippen LogP contribution < -0.4 is 4.74 Å². The van der Waals surface area contributed by atoms with E-state index in [4.69, 9.17) is 9.72 Å². The van der Waals surface area contributed by atoms with Crippen LogP contribution in [0.2, 0.25) is 0 Å². The molecule has 6 nitrogen and oxygen atoms in total. The number of ether oxygens (including phenoxy) is 1. The third kappa shape index (κ3) is 7.94. The zero-order chi connectivity index (χ0) is 30.3. The SMILES string of the molecule is COc1ccc(-c2nc3ccc(C(C)(C)C(=O)N(CC(C)C)CC(C)C)cc3n2CCCCN2CCCCCC2)cc1. The first kappa shape index (κ1) is 32.1. The molecular formula is C36H54N4O2. The van der Waals surface area contributed by atoms with Crippen LogP contribution in [0.3, 0.4) is 0 Å². The molecule has 2 heterocycles. The highest BCUT2D eigenvalue weighted by atomic mass is 16.5. The maximum atomic E-state index is 14.0. The van der Waals surface area contributed by atoms with Crippen LogP contribution >= 0.6 is 0 Å². The van der Waals surface area contributed by atoms with E-state index in [1.165, 1.54) is 51.7 Å². The van der Waals surface area contributed by atoms with Crippen LogP contribution in [0.1, 0.15) is 85.6 Å². The van der Waals surface area contributed by atoms with Crippen LogP contribution in [0.5, 0.6) is 5.75 Å². The van der Waals surface area contributed by atoms with E-state index in [0.717, 1.165) is 59.8 Å². The van der Waals surface area contributed by atoms with Crippen LogP contribution in [0.15, 0.2) is 42.5 Å². The maximum Gasteiger partial charge on any atom is 0.232 e. The molecule has 0 atom stereocenters. The van der Waals surface area contributed by atoms with Crippen LogP contribution in [0.4, 0.5) is 0 Å². The number of likely N-dealkylation sites (tertiary alicyclic amines) is 1. The number of hydrogen-bond donors (Lipinski definition) is 0. The summed E-state index contributed by atoms with van der Waals surface area (Å²) in [6.07, 6.45) is 7.67. The number of aromatic nitrogens is 2. The summed E-state index contributed by atoms with van der Waals surface area (Å²) in [6.45, 7) is 19.0. The Morgan fingerprint density at radius 3 is 2.12 bits per heavy atom. The standard InChI is InChI=1S/C36H54N4O2/c1-27(2)25-39(26-28(3)4)35(41)36(5,6)30-16-19-32-33(24-30)40(23-13-12-22-38-20-10-8-9-11-21-38)34(37-32)29-14-17-31(42-7)18-15-29/h14-19,24,27-28H,8-13,20-23,25-26H2,1-7H3. The van der Waals surface area contributed by atoms with E-state index in [0.29, 0.717) is 11.8 Å². The van der Waals surface area contributed by atoms with Crippen molar-refractivity contribution in [1.82, 2.24) is 19.4 Å². The summed E-state index contributed by atoms with van der Waals surface area (Å²) in [5.74, 6) is 2.87. The van der Waals surface area contributed by atoms with Crippen LogP contribution in [-0.4, -0.2) is 65.1 Å². The molecular weight excluding hydrogens is 520 g/mol. The van der Waals surface area contributed by atoms with E-state index in [-0.39, 0.29) is 5.91 Å². The molecule has 0 saturated carbocycles. The minimum atomic E-state index is -0.639. The van der Waals surface area contributed by atoms with Crippen molar-refractivity contribution in [3.63, 3.8) is 0 Å². The number of imidazole rings is 1. The molecule has 3 aromatic rings. The van der Waals surface area contributed by atoms with Gasteiger partial charge in [-0.2, -0.15) is 0 Å². The maximum absolute atomic E-state index is 14.0. The van der Waals surface area contributed by atoms with E-state index >= 15 is 0 Å². The lowest BCUT2D eigenvalue weighted by Crippen LogP contribution is -2.46. The third-order valence-electron chi connectivity index (χ3n) is 8.62. The fourth-order valence-corrected chi connectivity index (χ4v) is 6.30. The first-order valence-corrected chi connectivity index (χ1v) is 16.3. The van der Waals surface area contributed by atoms with Gasteiger partial charge in [0, 0.05) is 25.2 Å². The van der Waals surface area contributed by atoms with Crippen molar-refractivity contribution in [3.8, 4) is 17.1 Å². The largest absolute Gasteiger partial charge is 0.497 e. The molecule has 0 bridgehead atoms. The molecule has 4 rings (SSSR count). The number of carbonyl (C=O) groups is 1. The first-order chi connectivity index (χ1) is 20.1. The zero-order valence-corrected chi connectivity index (χ0v) is 27.3. The minimum absolute atomic E-state index is 0.197. The molecule has 1 saturated heterocycles. The van der Waals surface area contributed by atoms with Gasteiger partial charge in [-0.3, -0.25) is 4.79 Å². The van der Waals surface area contributed by atoms with Gasteiger partial charge in [-0.15, -0.1) is 0 Å². The van der Waals surface area contributed by atoms with Gasteiger partial charge in [-0.1, -0.05) is 46.6 Å². The Morgan fingerprint density at radius 2 is 1.52 bits per heavy atom. The lowest BCUT2D eigenvalue weighted by molar-refractivity contribution is -0.137. The average molecular weight is 575 g/mol. The van der Waals surface area contributed by atoms with E-state index in [1.54, 1.807) is 7.11 Å². The van der Waals surface area contributed by atoms with Crippen LogP contribution in [0.25, 0.3) is 22.4 Å².